The largest absolute Gasteiger partial charge is 0.0651 e. The summed E-state index contributed by atoms with van der Waals surface area (Å²) in [5, 5.41) is 0. The third-order valence-electron chi connectivity index (χ3n) is 6.15. The zero-order valence-electron chi connectivity index (χ0n) is 11.0. The number of fused-ring (bicyclic) bond motifs is 3. The van der Waals surface area contributed by atoms with Crippen LogP contribution in [-0.4, -0.2) is 0 Å². The number of rotatable bonds is 1. The Bertz CT molecular complexity index is 232. The lowest BCUT2D eigenvalue weighted by Crippen LogP contribution is -2.39. The summed E-state index contributed by atoms with van der Waals surface area (Å²) in [5.74, 6) is 5.68. The van der Waals surface area contributed by atoms with Gasteiger partial charge in [0.25, 0.3) is 0 Å². The molecule has 0 amide bonds. The van der Waals surface area contributed by atoms with E-state index in [-0.39, 0.29) is 0 Å². The normalized spacial score (nSPS) is 48.2. The van der Waals surface area contributed by atoms with Gasteiger partial charge in [-0.3, -0.25) is 0 Å². The Morgan fingerprint density at radius 2 is 1.50 bits per heavy atom. The highest BCUT2D eigenvalue weighted by atomic mass is 14.5. The molecule has 3 saturated carbocycles. The summed E-state index contributed by atoms with van der Waals surface area (Å²) in [6, 6.07) is 0. The van der Waals surface area contributed by atoms with E-state index in [1.807, 2.05) is 0 Å². The molecule has 3 fully saturated rings. The van der Waals surface area contributed by atoms with E-state index >= 15 is 0 Å². The average Bonchev–Trinajstić information content (AvgIpc) is 2.38. The van der Waals surface area contributed by atoms with E-state index in [2.05, 4.69) is 6.92 Å². The van der Waals surface area contributed by atoms with E-state index in [0.29, 0.717) is 0 Å². The molecule has 3 aliphatic carbocycles. The highest BCUT2D eigenvalue weighted by molar-refractivity contribution is 4.92. The van der Waals surface area contributed by atoms with Crippen LogP contribution in [0.2, 0.25) is 0 Å². The van der Waals surface area contributed by atoms with Crippen molar-refractivity contribution in [1.82, 2.24) is 0 Å². The summed E-state index contributed by atoms with van der Waals surface area (Å²) in [6.45, 7) is 2.40. The molecule has 0 aromatic heterocycles. The van der Waals surface area contributed by atoms with Gasteiger partial charge in [-0.1, -0.05) is 39.0 Å². The zero-order chi connectivity index (χ0) is 11.0. The van der Waals surface area contributed by atoms with Crippen molar-refractivity contribution in [2.45, 2.75) is 71.1 Å². The molecule has 0 heteroatoms. The van der Waals surface area contributed by atoms with E-state index < -0.39 is 0 Å². The first-order valence-corrected chi connectivity index (χ1v) is 7.88. The van der Waals surface area contributed by atoms with Crippen molar-refractivity contribution < 1.29 is 0 Å². The third-order valence-corrected chi connectivity index (χ3v) is 6.15. The molecule has 0 radical (unpaired) electrons. The van der Waals surface area contributed by atoms with Gasteiger partial charge in [0.05, 0.1) is 0 Å². The van der Waals surface area contributed by atoms with Gasteiger partial charge in [-0.2, -0.15) is 0 Å². The Kier molecular flexibility index (Phi) is 3.27. The molecule has 0 spiro atoms. The Morgan fingerprint density at radius 1 is 0.750 bits per heavy atom. The Balaban J connectivity index is 1.68. The maximum atomic E-state index is 2.40. The fraction of sp³-hybridized carbons (Fsp3) is 1.00. The van der Waals surface area contributed by atoms with Gasteiger partial charge < -0.3 is 0 Å². The van der Waals surface area contributed by atoms with Gasteiger partial charge in [-0.25, -0.2) is 0 Å². The number of hydrogen-bond donors (Lipinski definition) is 0. The summed E-state index contributed by atoms with van der Waals surface area (Å²) in [4.78, 5) is 0. The second-order valence-electron chi connectivity index (χ2n) is 6.80. The summed E-state index contributed by atoms with van der Waals surface area (Å²) >= 11 is 0. The van der Waals surface area contributed by atoms with Crippen LogP contribution >= 0.6 is 0 Å². The topological polar surface area (TPSA) is 0 Å². The predicted octanol–water partition coefficient (Wildman–Crippen LogP) is 5.03. The molecule has 0 bridgehead atoms. The molecule has 0 aliphatic heterocycles. The molecule has 16 heavy (non-hydrogen) atoms. The minimum Gasteiger partial charge on any atom is -0.0651 e. The van der Waals surface area contributed by atoms with E-state index in [4.69, 9.17) is 0 Å². The van der Waals surface area contributed by atoms with E-state index in [1.54, 1.807) is 51.4 Å². The third kappa shape index (κ3) is 1.93. The van der Waals surface area contributed by atoms with Crippen LogP contribution in [0.5, 0.6) is 0 Å². The summed E-state index contributed by atoms with van der Waals surface area (Å²) in [5.41, 5.74) is 0. The van der Waals surface area contributed by atoms with Crippen LogP contribution in [0.3, 0.4) is 0 Å². The first-order chi connectivity index (χ1) is 7.88. The van der Waals surface area contributed by atoms with Crippen molar-refractivity contribution in [3.63, 3.8) is 0 Å². The van der Waals surface area contributed by atoms with Gasteiger partial charge >= 0.3 is 0 Å². The predicted molar refractivity (Wildman–Crippen MR) is 69.3 cm³/mol. The van der Waals surface area contributed by atoms with Crippen LogP contribution in [0.15, 0.2) is 0 Å². The lowest BCUT2D eigenvalue weighted by molar-refractivity contribution is 0.0112. The monoisotopic (exact) mass is 220 g/mol. The Labute approximate surface area is 101 Å². The second kappa shape index (κ2) is 4.70. The Hall–Kier alpha value is 0. The molecular formula is C16H28. The van der Waals surface area contributed by atoms with Gasteiger partial charge in [0.1, 0.15) is 0 Å². The molecule has 0 aromatic carbocycles. The smallest absolute Gasteiger partial charge is 0.0355 e. The number of hydrogen-bond acceptors (Lipinski definition) is 0. The average molecular weight is 220 g/mol. The first kappa shape index (κ1) is 11.1. The molecular weight excluding hydrogens is 192 g/mol. The standard InChI is InChI=1S/C16H28/c1-2-12-7-10-16-14(11-12)9-8-13-5-3-4-6-15(13)16/h12-16H,2-11H2,1H3. The molecule has 3 rings (SSSR count). The van der Waals surface area contributed by atoms with Crippen molar-refractivity contribution in [3.05, 3.63) is 0 Å². The molecule has 0 nitrogen and oxygen atoms in total. The quantitative estimate of drug-likeness (QED) is 0.581. The maximum Gasteiger partial charge on any atom is -0.0355 e. The van der Waals surface area contributed by atoms with E-state index in [9.17, 15) is 0 Å². The molecule has 5 unspecified atom stereocenters. The van der Waals surface area contributed by atoms with Crippen molar-refractivity contribution >= 4 is 0 Å². The van der Waals surface area contributed by atoms with Gasteiger partial charge in [-0.05, 0) is 61.7 Å². The summed E-state index contributed by atoms with van der Waals surface area (Å²) in [7, 11) is 0. The van der Waals surface area contributed by atoms with Crippen molar-refractivity contribution in [3.8, 4) is 0 Å². The minimum atomic E-state index is 1.08. The molecule has 0 aromatic rings. The molecule has 0 saturated heterocycles. The van der Waals surface area contributed by atoms with Crippen LogP contribution < -0.4 is 0 Å². The van der Waals surface area contributed by atoms with Crippen LogP contribution in [-0.2, 0) is 0 Å². The molecule has 92 valence electrons. The molecule has 0 N–H and O–H groups in total. The van der Waals surface area contributed by atoms with Gasteiger partial charge in [0, 0.05) is 0 Å². The summed E-state index contributed by atoms with van der Waals surface area (Å²) < 4.78 is 0. The zero-order valence-corrected chi connectivity index (χ0v) is 11.0. The molecule has 0 heterocycles. The van der Waals surface area contributed by atoms with Crippen LogP contribution in [0.1, 0.15) is 71.1 Å². The van der Waals surface area contributed by atoms with Gasteiger partial charge in [-0.15, -0.1) is 0 Å². The minimum absolute atomic E-state index is 1.08. The van der Waals surface area contributed by atoms with Crippen molar-refractivity contribution in [2.75, 3.05) is 0 Å². The van der Waals surface area contributed by atoms with Crippen LogP contribution in [0.4, 0.5) is 0 Å². The summed E-state index contributed by atoms with van der Waals surface area (Å²) in [6.07, 6.45) is 15.6. The van der Waals surface area contributed by atoms with Crippen molar-refractivity contribution in [2.24, 2.45) is 29.6 Å². The fourth-order valence-corrected chi connectivity index (χ4v) is 5.24. The van der Waals surface area contributed by atoms with Gasteiger partial charge in [0.15, 0.2) is 0 Å². The van der Waals surface area contributed by atoms with Crippen molar-refractivity contribution in [1.29, 1.82) is 0 Å². The highest BCUT2D eigenvalue weighted by Gasteiger charge is 2.42. The fourth-order valence-electron chi connectivity index (χ4n) is 5.24. The van der Waals surface area contributed by atoms with Gasteiger partial charge in [0.2, 0.25) is 0 Å². The first-order valence-electron chi connectivity index (χ1n) is 7.88. The van der Waals surface area contributed by atoms with Crippen LogP contribution in [0.25, 0.3) is 0 Å². The maximum absolute atomic E-state index is 2.40. The SMILES string of the molecule is CCC1CCC2C(CCC3CCCCC32)C1. The van der Waals surface area contributed by atoms with E-state index in [1.165, 1.54) is 12.8 Å². The highest BCUT2D eigenvalue weighted by Crippen LogP contribution is 2.52. The second-order valence-corrected chi connectivity index (χ2v) is 6.80. The lowest BCUT2D eigenvalue weighted by atomic mass is 9.56. The lowest BCUT2D eigenvalue weighted by Gasteiger charge is -2.49. The molecule has 3 aliphatic rings. The van der Waals surface area contributed by atoms with E-state index in [0.717, 1.165) is 29.6 Å². The Morgan fingerprint density at radius 3 is 2.38 bits per heavy atom. The van der Waals surface area contributed by atoms with Crippen LogP contribution in [0, 0.1) is 29.6 Å². The molecule has 5 atom stereocenters.